The lowest BCUT2D eigenvalue weighted by molar-refractivity contribution is -0.118. The van der Waals surface area contributed by atoms with Gasteiger partial charge in [0.1, 0.15) is 0 Å². The van der Waals surface area contributed by atoms with Gasteiger partial charge in [-0.2, -0.15) is 5.10 Å². The highest BCUT2D eigenvalue weighted by molar-refractivity contribution is 9.10. The van der Waals surface area contributed by atoms with Gasteiger partial charge in [-0.1, -0.05) is 41.4 Å². The zero-order chi connectivity index (χ0) is 23.8. The van der Waals surface area contributed by atoms with Crippen molar-refractivity contribution in [3.8, 4) is 11.5 Å². The van der Waals surface area contributed by atoms with E-state index in [2.05, 4.69) is 31.8 Å². The van der Waals surface area contributed by atoms with Crippen LogP contribution in [-0.2, 0) is 4.79 Å². The minimum Gasteiger partial charge on any atom is -0.493 e. The Morgan fingerprint density at radius 3 is 2.52 bits per heavy atom. The van der Waals surface area contributed by atoms with Crippen LogP contribution in [0.1, 0.15) is 15.9 Å². The molecule has 10 heteroatoms. The summed E-state index contributed by atoms with van der Waals surface area (Å²) < 4.78 is 11.6. The van der Waals surface area contributed by atoms with Gasteiger partial charge in [-0.25, -0.2) is 5.43 Å². The summed E-state index contributed by atoms with van der Waals surface area (Å²) in [5, 5.41) is 7.37. The molecule has 0 saturated carbocycles. The fourth-order valence-electron chi connectivity index (χ4n) is 2.68. The highest BCUT2D eigenvalue weighted by Crippen LogP contribution is 2.36. The zero-order valence-corrected chi connectivity index (χ0v) is 20.4. The van der Waals surface area contributed by atoms with E-state index in [-0.39, 0.29) is 12.5 Å². The quantitative estimate of drug-likeness (QED) is 0.284. The van der Waals surface area contributed by atoms with Crippen LogP contribution in [0.5, 0.6) is 11.5 Å². The number of hydrazone groups is 1. The average molecular weight is 551 g/mol. The molecule has 0 saturated heterocycles. The van der Waals surface area contributed by atoms with E-state index in [0.717, 1.165) is 0 Å². The number of benzene rings is 3. The van der Waals surface area contributed by atoms with Crippen LogP contribution in [-0.4, -0.2) is 31.7 Å². The van der Waals surface area contributed by atoms with Gasteiger partial charge in [0.15, 0.2) is 18.1 Å². The number of carbonyl (C=O) groups is 2. The maximum atomic E-state index is 12.3. The molecule has 0 aliphatic heterocycles. The number of nitrogens with zero attached hydrogens (tertiary/aromatic N) is 1. The van der Waals surface area contributed by atoms with Crippen molar-refractivity contribution in [2.24, 2.45) is 5.10 Å². The van der Waals surface area contributed by atoms with Crippen molar-refractivity contribution in [3.05, 3.63) is 86.3 Å². The number of methoxy groups -OCH3 is 1. The molecule has 0 bridgehead atoms. The highest BCUT2D eigenvalue weighted by Gasteiger charge is 2.14. The van der Waals surface area contributed by atoms with Gasteiger partial charge in [0.05, 0.1) is 27.8 Å². The molecule has 7 nitrogen and oxygen atoms in total. The predicted molar refractivity (Wildman–Crippen MR) is 133 cm³/mol. The second-order valence-corrected chi connectivity index (χ2v) is 8.23. The van der Waals surface area contributed by atoms with Crippen molar-refractivity contribution in [1.29, 1.82) is 0 Å². The van der Waals surface area contributed by atoms with E-state index in [9.17, 15) is 9.59 Å². The lowest BCUT2D eigenvalue weighted by Crippen LogP contribution is -2.20. The van der Waals surface area contributed by atoms with E-state index in [1.807, 2.05) is 6.07 Å². The molecule has 0 atom stereocenters. The number of hydrogen-bond donors (Lipinski definition) is 2. The number of halogens is 3. The van der Waals surface area contributed by atoms with Crippen molar-refractivity contribution < 1.29 is 19.1 Å². The molecular formula is C23H18BrCl2N3O4. The van der Waals surface area contributed by atoms with Crippen molar-refractivity contribution in [1.82, 2.24) is 5.43 Å². The van der Waals surface area contributed by atoms with E-state index >= 15 is 0 Å². The number of carbonyl (C=O) groups excluding carboxylic acids is 2. The molecule has 170 valence electrons. The molecule has 3 aromatic carbocycles. The molecule has 0 aliphatic carbocycles. The first-order valence-corrected chi connectivity index (χ1v) is 11.1. The average Bonchev–Trinajstić information content (AvgIpc) is 2.81. The maximum Gasteiger partial charge on any atom is 0.271 e. The second-order valence-electron chi connectivity index (χ2n) is 6.57. The summed E-state index contributed by atoms with van der Waals surface area (Å²) in [5.74, 6) is -0.00256. The van der Waals surface area contributed by atoms with Crippen LogP contribution < -0.4 is 20.2 Å². The van der Waals surface area contributed by atoms with E-state index in [0.29, 0.717) is 42.8 Å². The smallest absolute Gasteiger partial charge is 0.271 e. The van der Waals surface area contributed by atoms with Crippen LogP contribution in [0.3, 0.4) is 0 Å². The first-order chi connectivity index (χ1) is 15.9. The first-order valence-electron chi connectivity index (χ1n) is 9.51. The van der Waals surface area contributed by atoms with E-state index in [1.54, 1.807) is 54.6 Å². The Balaban J connectivity index is 1.63. The van der Waals surface area contributed by atoms with Crippen LogP contribution in [0.15, 0.2) is 70.2 Å². The second kappa shape index (κ2) is 11.7. The van der Waals surface area contributed by atoms with Gasteiger partial charge in [0, 0.05) is 11.3 Å². The third-order valence-electron chi connectivity index (χ3n) is 4.22. The fourth-order valence-corrected chi connectivity index (χ4v) is 3.55. The van der Waals surface area contributed by atoms with Crippen molar-refractivity contribution >= 4 is 62.8 Å². The number of nitrogens with one attached hydrogen (secondary N) is 2. The zero-order valence-electron chi connectivity index (χ0n) is 17.3. The lowest BCUT2D eigenvalue weighted by Gasteiger charge is -2.13. The summed E-state index contributed by atoms with van der Waals surface area (Å²) >= 11 is 15.3. The molecule has 0 radical (unpaired) electrons. The molecule has 3 aromatic rings. The predicted octanol–water partition coefficient (Wildman–Crippen LogP) is 5.55. The Labute approximate surface area is 208 Å². The topological polar surface area (TPSA) is 89.0 Å². The van der Waals surface area contributed by atoms with Crippen molar-refractivity contribution in [2.45, 2.75) is 0 Å². The summed E-state index contributed by atoms with van der Waals surface area (Å²) in [6.07, 6.45) is 1.47. The summed E-state index contributed by atoms with van der Waals surface area (Å²) in [6, 6.07) is 16.9. The third-order valence-corrected chi connectivity index (χ3v) is 5.55. The van der Waals surface area contributed by atoms with Gasteiger partial charge in [0.2, 0.25) is 0 Å². The molecule has 0 fully saturated rings. The van der Waals surface area contributed by atoms with Gasteiger partial charge in [0.25, 0.3) is 11.8 Å². The number of ether oxygens (including phenoxy) is 2. The van der Waals surface area contributed by atoms with Crippen LogP contribution in [0.4, 0.5) is 5.69 Å². The van der Waals surface area contributed by atoms with Crippen molar-refractivity contribution in [3.63, 3.8) is 0 Å². The molecule has 2 amide bonds. The summed E-state index contributed by atoms with van der Waals surface area (Å²) in [4.78, 5) is 24.3. The first kappa shape index (κ1) is 24.6. The summed E-state index contributed by atoms with van der Waals surface area (Å²) in [6.45, 7) is -0.268. The molecule has 0 heterocycles. The summed E-state index contributed by atoms with van der Waals surface area (Å²) in [7, 11) is 1.47. The van der Waals surface area contributed by atoms with Gasteiger partial charge in [-0.15, -0.1) is 0 Å². The summed E-state index contributed by atoms with van der Waals surface area (Å²) in [5.41, 5.74) is 4.09. The number of anilines is 1. The monoisotopic (exact) mass is 549 g/mol. The minimum absolute atomic E-state index is 0.268. The largest absolute Gasteiger partial charge is 0.493 e. The molecule has 3 rings (SSSR count). The van der Waals surface area contributed by atoms with E-state index < -0.39 is 5.91 Å². The Morgan fingerprint density at radius 2 is 1.82 bits per heavy atom. The molecule has 0 spiro atoms. The lowest BCUT2D eigenvalue weighted by atomic mass is 10.2. The van der Waals surface area contributed by atoms with Crippen LogP contribution >= 0.6 is 39.1 Å². The van der Waals surface area contributed by atoms with E-state index in [4.69, 9.17) is 32.7 Å². The number of rotatable bonds is 8. The highest BCUT2D eigenvalue weighted by atomic mass is 79.9. The van der Waals surface area contributed by atoms with Crippen LogP contribution in [0.25, 0.3) is 0 Å². The Hall–Kier alpha value is -3.07. The molecule has 0 unspecified atom stereocenters. The van der Waals surface area contributed by atoms with Gasteiger partial charge < -0.3 is 14.8 Å². The Bertz CT molecular complexity index is 1190. The van der Waals surface area contributed by atoms with Crippen molar-refractivity contribution in [2.75, 3.05) is 19.0 Å². The molecule has 33 heavy (non-hydrogen) atoms. The molecule has 0 aromatic heterocycles. The standard InChI is InChI=1S/C23H18BrCl2N3O4/c1-32-20-10-14(12-27-29-23(31)15-5-3-2-4-6-15)9-17(24)22(20)33-13-21(30)28-16-7-8-18(25)19(26)11-16/h2-12H,13H2,1H3,(H,28,30)(H,29,31)/b27-12+. The third kappa shape index (κ3) is 6.95. The Kier molecular flexibility index (Phi) is 8.71. The molecule has 0 aliphatic rings. The van der Waals surface area contributed by atoms with Crippen LogP contribution in [0.2, 0.25) is 10.0 Å². The number of hydrogen-bond acceptors (Lipinski definition) is 5. The normalized spacial score (nSPS) is 10.7. The van der Waals surface area contributed by atoms with Gasteiger partial charge in [-0.05, 0) is 64.0 Å². The van der Waals surface area contributed by atoms with Crippen LogP contribution in [0, 0.1) is 0 Å². The maximum absolute atomic E-state index is 12.3. The SMILES string of the molecule is COc1cc(/C=N/NC(=O)c2ccccc2)cc(Br)c1OCC(=O)Nc1ccc(Cl)c(Cl)c1. The molecule has 2 N–H and O–H groups in total. The van der Waals surface area contributed by atoms with Gasteiger partial charge >= 0.3 is 0 Å². The molecular weight excluding hydrogens is 533 g/mol. The minimum atomic E-state index is -0.392. The van der Waals surface area contributed by atoms with E-state index in [1.165, 1.54) is 13.3 Å². The van der Waals surface area contributed by atoms with Gasteiger partial charge in [-0.3, -0.25) is 9.59 Å². The Morgan fingerprint density at radius 1 is 1.06 bits per heavy atom. The number of amides is 2. The fraction of sp³-hybridized carbons (Fsp3) is 0.0870.